The van der Waals surface area contributed by atoms with Crippen LogP contribution in [0.15, 0.2) is 48.9 Å². The molecule has 18 heavy (non-hydrogen) atoms. The maximum Gasteiger partial charge on any atom is 0.0572 e. The summed E-state index contributed by atoms with van der Waals surface area (Å²) in [4.78, 5) is 10.8. The van der Waals surface area contributed by atoms with Gasteiger partial charge in [-0.15, -0.1) is 0 Å². The minimum Gasteiger partial charge on any atom is -0.298 e. The van der Waals surface area contributed by atoms with Crippen LogP contribution in [0, 0.1) is 0 Å². The lowest BCUT2D eigenvalue weighted by molar-refractivity contribution is 0.260. The zero-order chi connectivity index (χ0) is 12.8. The van der Waals surface area contributed by atoms with Crippen molar-refractivity contribution in [2.45, 2.75) is 19.4 Å². The van der Waals surface area contributed by atoms with Crippen molar-refractivity contribution in [1.29, 1.82) is 0 Å². The Morgan fingerprint density at radius 3 is 2.56 bits per heavy atom. The number of aromatic nitrogens is 2. The van der Waals surface area contributed by atoms with E-state index in [-0.39, 0.29) is 0 Å². The molecule has 1 atom stereocenters. The zero-order valence-corrected chi connectivity index (χ0v) is 11.0. The van der Waals surface area contributed by atoms with Crippen LogP contribution in [0.1, 0.15) is 24.2 Å². The van der Waals surface area contributed by atoms with E-state index in [1.165, 1.54) is 5.56 Å². The molecule has 0 saturated carbocycles. The van der Waals surface area contributed by atoms with E-state index in [9.17, 15) is 0 Å². The Morgan fingerprint density at radius 2 is 1.89 bits per heavy atom. The number of hydrogen-bond donors (Lipinski definition) is 0. The van der Waals surface area contributed by atoms with E-state index >= 15 is 0 Å². The average Bonchev–Trinajstić information content (AvgIpc) is 2.46. The number of rotatable bonds is 5. The fourth-order valence-electron chi connectivity index (χ4n) is 1.90. The molecule has 2 aromatic heterocycles. The summed E-state index contributed by atoms with van der Waals surface area (Å²) in [5.74, 6) is 0. The normalized spacial score (nSPS) is 12.6. The van der Waals surface area contributed by atoms with Crippen LogP contribution >= 0.6 is 0 Å². The van der Waals surface area contributed by atoms with E-state index in [1.54, 1.807) is 0 Å². The van der Waals surface area contributed by atoms with Crippen LogP contribution < -0.4 is 0 Å². The van der Waals surface area contributed by atoms with Gasteiger partial charge in [0.1, 0.15) is 0 Å². The lowest BCUT2D eigenvalue weighted by Gasteiger charge is -2.24. The molecule has 0 spiro atoms. The Kier molecular flexibility index (Phi) is 4.42. The maximum absolute atomic E-state index is 4.40. The first-order valence-corrected chi connectivity index (χ1v) is 6.27. The SMILES string of the molecule is CC(c1ccccn1)N(C)CCc1ccncc1. The molecule has 0 aromatic carbocycles. The molecule has 0 aliphatic heterocycles. The summed E-state index contributed by atoms with van der Waals surface area (Å²) in [5, 5.41) is 0. The monoisotopic (exact) mass is 241 g/mol. The highest BCUT2D eigenvalue weighted by Crippen LogP contribution is 2.15. The van der Waals surface area contributed by atoms with E-state index < -0.39 is 0 Å². The summed E-state index contributed by atoms with van der Waals surface area (Å²) >= 11 is 0. The first kappa shape index (κ1) is 12.7. The molecule has 0 saturated heterocycles. The summed E-state index contributed by atoms with van der Waals surface area (Å²) in [6.07, 6.45) is 6.58. The van der Waals surface area contributed by atoms with E-state index in [1.807, 2.05) is 30.7 Å². The van der Waals surface area contributed by atoms with Crippen molar-refractivity contribution in [3.05, 3.63) is 60.2 Å². The van der Waals surface area contributed by atoms with E-state index in [0.717, 1.165) is 18.7 Å². The highest BCUT2D eigenvalue weighted by Gasteiger charge is 2.11. The molecular formula is C15H19N3. The molecule has 3 nitrogen and oxygen atoms in total. The minimum atomic E-state index is 0.341. The van der Waals surface area contributed by atoms with Gasteiger partial charge in [-0.3, -0.25) is 14.9 Å². The average molecular weight is 241 g/mol. The number of likely N-dealkylation sites (N-methyl/N-ethyl adjacent to an activating group) is 1. The van der Waals surface area contributed by atoms with Crippen molar-refractivity contribution in [2.75, 3.05) is 13.6 Å². The van der Waals surface area contributed by atoms with Gasteiger partial charge in [0.05, 0.1) is 5.69 Å². The third kappa shape index (κ3) is 3.37. The van der Waals surface area contributed by atoms with Gasteiger partial charge in [-0.2, -0.15) is 0 Å². The highest BCUT2D eigenvalue weighted by molar-refractivity contribution is 5.11. The van der Waals surface area contributed by atoms with E-state index in [0.29, 0.717) is 6.04 Å². The van der Waals surface area contributed by atoms with Gasteiger partial charge in [-0.05, 0) is 50.2 Å². The van der Waals surface area contributed by atoms with Gasteiger partial charge in [0.25, 0.3) is 0 Å². The van der Waals surface area contributed by atoms with Crippen LogP contribution in [0.5, 0.6) is 0 Å². The van der Waals surface area contributed by atoms with Crippen molar-refractivity contribution in [3.63, 3.8) is 0 Å². The number of hydrogen-bond acceptors (Lipinski definition) is 3. The zero-order valence-electron chi connectivity index (χ0n) is 11.0. The van der Waals surface area contributed by atoms with Gasteiger partial charge >= 0.3 is 0 Å². The van der Waals surface area contributed by atoms with Crippen LogP contribution in [0.25, 0.3) is 0 Å². The summed E-state index contributed by atoms with van der Waals surface area (Å²) in [6, 6.07) is 10.5. The number of nitrogens with zero attached hydrogens (tertiary/aromatic N) is 3. The Bertz CT molecular complexity index is 456. The highest BCUT2D eigenvalue weighted by atomic mass is 15.1. The molecule has 0 N–H and O–H groups in total. The van der Waals surface area contributed by atoms with Gasteiger partial charge in [0, 0.05) is 31.2 Å². The van der Waals surface area contributed by atoms with Crippen molar-refractivity contribution in [3.8, 4) is 0 Å². The van der Waals surface area contributed by atoms with E-state index in [4.69, 9.17) is 0 Å². The van der Waals surface area contributed by atoms with Crippen LogP contribution in [0.3, 0.4) is 0 Å². The largest absolute Gasteiger partial charge is 0.298 e. The summed E-state index contributed by atoms with van der Waals surface area (Å²) in [7, 11) is 2.14. The molecule has 0 amide bonds. The number of pyridine rings is 2. The lowest BCUT2D eigenvalue weighted by Crippen LogP contribution is -2.25. The van der Waals surface area contributed by atoms with Crippen LogP contribution in [0.2, 0.25) is 0 Å². The standard InChI is InChI=1S/C15H19N3/c1-13(15-5-3-4-9-17-15)18(2)12-8-14-6-10-16-11-7-14/h3-7,9-11,13H,8,12H2,1-2H3. The van der Waals surface area contributed by atoms with Crippen molar-refractivity contribution < 1.29 is 0 Å². The smallest absolute Gasteiger partial charge is 0.0572 e. The van der Waals surface area contributed by atoms with Crippen molar-refractivity contribution >= 4 is 0 Å². The second kappa shape index (κ2) is 6.26. The molecule has 0 aliphatic carbocycles. The molecule has 2 rings (SSSR count). The van der Waals surface area contributed by atoms with Crippen LogP contribution in [-0.2, 0) is 6.42 Å². The molecule has 1 unspecified atom stereocenters. The minimum absolute atomic E-state index is 0.341. The molecule has 2 aromatic rings. The molecular weight excluding hydrogens is 222 g/mol. The fourth-order valence-corrected chi connectivity index (χ4v) is 1.90. The summed E-state index contributed by atoms with van der Waals surface area (Å²) < 4.78 is 0. The Labute approximate surface area is 109 Å². The Morgan fingerprint density at radius 1 is 1.11 bits per heavy atom. The van der Waals surface area contributed by atoms with Crippen molar-refractivity contribution in [1.82, 2.24) is 14.9 Å². The van der Waals surface area contributed by atoms with Gasteiger partial charge in [0.15, 0.2) is 0 Å². The van der Waals surface area contributed by atoms with Crippen molar-refractivity contribution in [2.24, 2.45) is 0 Å². The summed E-state index contributed by atoms with van der Waals surface area (Å²) in [6.45, 7) is 3.20. The predicted octanol–water partition coefficient (Wildman–Crippen LogP) is 2.71. The molecule has 0 bridgehead atoms. The quantitative estimate of drug-likeness (QED) is 0.806. The molecule has 2 heterocycles. The maximum atomic E-state index is 4.40. The first-order chi connectivity index (χ1) is 8.77. The lowest BCUT2D eigenvalue weighted by atomic mass is 10.1. The predicted molar refractivity (Wildman–Crippen MR) is 73.2 cm³/mol. The summed E-state index contributed by atoms with van der Waals surface area (Å²) in [5.41, 5.74) is 2.44. The Hall–Kier alpha value is -1.74. The fraction of sp³-hybridized carbons (Fsp3) is 0.333. The van der Waals surface area contributed by atoms with Gasteiger partial charge in [0.2, 0.25) is 0 Å². The topological polar surface area (TPSA) is 29.0 Å². The van der Waals surface area contributed by atoms with Gasteiger partial charge in [-0.25, -0.2) is 0 Å². The Balaban J connectivity index is 1.90. The van der Waals surface area contributed by atoms with Gasteiger partial charge < -0.3 is 0 Å². The van der Waals surface area contributed by atoms with Gasteiger partial charge in [-0.1, -0.05) is 6.07 Å². The third-order valence-corrected chi connectivity index (χ3v) is 3.28. The first-order valence-electron chi connectivity index (χ1n) is 6.27. The molecule has 3 heteroatoms. The second-order valence-corrected chi connectivity index (χ2v) is 4.52. The second-order valence-electron chi connectivity index (χ2n) is 4.52. The molecule has 0 radical (unpaired) electrons. The third-order valence-electron chi connectivity index (χ3n) is 3.28. The van der Waals surface area contributed by atoms with E-state index in [2.05, 4.69) is 47.0 Å². The molecule has 94 valence electrons. The molecule has 0 fully saturated rings. The van der Waals surface area contributed by atoms with Crippen LogP contribution in [-0.4, -0.2) is 28.5 Å². The van der Waals surface area contributed by atoms with Crippen LogP contribution in [0.4, 0.5) is 0 Å². The molecule has 0 aliphatic rings.